The number of carbonyl (C=O) groups is 1. The van der Waals surface area contributed by atoms with Gasteiger partial charge in [-0.3, -0.25) is 0 Å². The number of aromatic nitrogens is 4. The molecule has 62 heavy (non-hydrogen) atoms. The van der Waals surface area contributed by atoms with E-state index in [2.05, 4.69) is 15.3 Å². The van der Waals surface area contributed by atoms with Crippen molar-refractivity contribution in [3.8, 4) is 46.8 Å². The van der Waals surface area contributed by atoms with Crippen LogP contribution in [0.5, 0.6) is 0 Å². The van der Waals surface area contributed by atoms with Crippen LogP contribution in [-0.4, -0.2) is 64.4 Å². The van der Waals surface area contributed by atoms with Crippen molar-refractivity contribution in [2.45, 2.75) is 43.7 Å². The lowest BCUT2D eigenvalue weighted by atomic mass is 9.96. The number of nitrogens with one attached hydrogen (secondary N) is 1. The lowest BCUT2D eigenvalue weighted by Crippen LogP contribution is -2.36. The topological polar surface area (TPSA) is 252 Å². The van der Waals surface area contributed by atoms with Crippen LogP contribution in [0.15, 0.2) is 120 Å². The molecule has 0 unspecified atom stereocenters. The second kappa shape index (κ2) is 19.8. The number of benzene rings is 2. The van der Waals surface area contributed by atoms with Crippen LogP contribution < -0.4 is 5.32 Å². The molecule has 19 heteroatoms. The van der Waals surface area contributed by atoms with E-state index in [1.54, 1.807) is 55.6 Å². The molecule has 2 N–H and O–H groups in total. The number of hydrogen-bond acceptors (Lipinski definition) is 12. The standard InChI is InChI=1S/C24H23N5O4S.C19H15N5O2S.ClH/c1-24(2,3)16-28(23(30)31)14-17-11-21(19-8-6-10-27-20(19)13-26)29(15-17)34(32,33)22-9-5-4-7-18(22)12-25;1-22-12-14-9-18(16-6-4-8-23-17(16)11-21)24(13-14)27(25,26)19-7-3-2-5-15(19)10-20;/h4-11,15H,14,16H2,1-3H3,(H,30,31);2-9,13,22H,12H2,1H3;1H. The van der Waals surface area contributed by atoms with Gasteiger partial charge in [0, 0.05) is 49.0 Å². The van der Waals surface area contributed by atoms with Gasteiger partial charge in [-0.2, -0.15) is 21.0 Å². The molecule has 0 aliphatic carbocycles. The maximum absolute atomic E-state index is 13.6. The summed E-state index contributed by atoms with van der Waals surface area (Å²) >= 11 is 0. The molecule has 0 atom stereocenters. The fourth-order valence-corrected chi connectivity index (χ4v) is 9.41. The molecule has 0 fully saturated rings. The second-order valence-electron chi connectivity index (χ2n) is 14.5. The van der Waals surface area contributed by atoms with Crippen molar-refractivity contribution < 1.29 is 26.7 Å². The van der Waals surface area contributed by atoms with Crippen LogP contribution in [0.3, 0.4) is 0 Å². The second-order valence-corrected chi connectivity index (χ2v) is 18.1. The van der Waals surface area contributed by atoms with Crippen LogP contribution in [0.25, 0.3) is 22.5 Å². The number of rotatable bonds is 11. The van der Waals surface area contributed by atoms with Crippen molar-refractivity contribution in [1.82, 2.24) is 28.1 Å². The Labute approximate surface area is 365 Å². The van der Waals surface area contributed by atoms with Gasteiger partial charge >= 0.3 is 6.09 Å². The van der Waals surface area contributed by atoms with Gasteiger partial charge in [-0.25, -0.2) is 39.5 Å². The Morgan fingerprint density at radius 2 is 1.15 bits per heavy atom. The third kappa shape index (κ3) is 10.3. The molecule has 316 valence electrons. The first kappa shape index (κ1) is 47.4. The highest BCUT2D eigenvalue weighted by Crippen LogP contribution is 2.32. The van der Waals surface area contributed by atoms with Crippen molar-refractivity contribution in [2.24, 2.45) is 5.41 Å². The van der Waals surface area contributed by atoms with E-state index in [0.29, 0.717) is 23.4 Å². The summed E-state index contributed by atoms with van der Waals surface area (Å²) in [7, 11) is -6.57. The molecule has 1 amide bonds. The van der Waals surface area contributed by atoms with Crippen molar-refractivity contribution >= 4 is 38.5 Å². The molecule has 0 aliphatic rings. The van der Waals surface area contributed by atoms with Crippen LogP contribution in [0.2, 0.25) is 0 Å². The molecule has 6 rings (SSSR count). The largest absolute Gasteiger partial charge is 0.465 e. The molecule has 0 saturated carbocycles. The average molecular weight is 891 g/mol. The SMILES string of the molecule is CC(C)(C)CN(Cc1cc(-c2cccnc2C#N)n(S(=O)(=O)c2ccccc2C#N)c1)C(=O)O.CNCc1cc(-c2cccnc2C#N)n(S(=O)(=O)c2ccccc2C#N)c1.Cl. The summed E-state index contributed by atoms with van der Waals surface area (Å²) in [6.45, 7) is 6.30. The molecule has 16 nitrogen and oxygen atoms in total. The highest BCUT2D eigenvalue weighted by molar-refractivity contribution is 7.90. The summed E-state index contributed by atoms with van der Waals surface area (Å²) in [4.78, 5) is 20.8. The molecule has 2 aromatic carbocycles. The van der Waals surface area contributed by atoms with E-state index in [1.165, 1.54) is 66.1 Å². The van der Waals surface area contributed by atoms with Gasteiger partial charge in [0.2, 0.25) is 0 Å². The molecule has 4 heterocycles. The fraction of sp³-hybridized carbons (Fsp3) is 0.186. The van der Waals surface area contributed by atoms with Crippen LogP contribution in [0.4, 0.5) is 4.79 Å². The normalized spacial score (nSPS) is 11.0. The van der Waals surface area contributed by atoms with E-state index in [4.69, 9.17) is 0 Å². The molecule has 4 aromatic heterocycles. The van der Waals surface area contributed by atoms with Gasteiger partial charge in [-0.15, -0.1) is 12.4 Å². The number of pyridine rings is 2. The summed E-state index contributed by atoms with van der Waals surface area (Å²) < 4.78 is 56.0. The van der Waals surface area contributed by atoms with Gasteiger partial charge in [-0.1, -0.05) is 45.0 Å². The Balaban J connectivity index is 0.000000275. The molecule has 0 radical (unpaired) electrons. The maximum Gasteiger partial charge on any atom is 0.407 e. The van der Waals surface area contributed by atoms with Crippen LogP contribution in [0.1, 0.15) is 54.4 Å². The predicted molar refractivity (Wildman–Crippen MR) is 230 cm³/mol. The van der Waals surface area contributed by atoms with Gasteiger partial charge in [-0.05, 0) is 84.3 Å². The van der Waals surface area contributed by atoms with Gasteiger partial charge in [0.1, 0.15) is 45.5 Å². The average Bonchev–Trinajstić information content (AvgIpc) is 3.89. The Kier molecular flexibility index (Phi) is 15.1. The van der Waals surface area contributed by atoms with Gasteiger partial charge in [0.15, 0.2) is 0 Å². The van der Waals surface area contributed by atoms with E-state index in [-0.39, 0.29) is 74.5 Å². The molecule has 0 spiro atoms. The minimum Gasteiger partial charge on any atom is -0.465 e. The summed E-state index contributed by atoms with van der Waals surface area (Å²) in [5.74, 6) is 0. The predicted octanol–water partition coefficient (Wildman–Crippen LogP) is 6.73. The third-order valence-electron chi connectivity index (χ3n) is 8.84. The Bertz CT molecular complexity index is 3020. The van der Waals surface area contributed by atoms with Crippen LogP contribution in [-0.2, 0) is 33.1 Å². The molecule has 0 bridgehead atoms. The minimum atomic E-state index is -4.26. The van der Waals surface area contributed by atoms with E-state index >= 15 is 0 Å². The molecular formula is C43H39ClN10O6S2. The summed E-state index contributed by atoms with van der Waals surface area (Å²) in [5, 5.41) is 50.3. The lowest BCUT2D eigenvalue weighted by molar-refractivity contribution is 0.123. The number of nitriles is 4. The number of nitrogens with zero attached hydrogens (tertiary/aromatic N) is 9. The number of halogens is 1. The first-order valence-corrected chi connectivity index (χ1v) is 21.1. The van der Waals surface area contributed by atoms with Crippen molar-refractivity contribution in [1.29, 1.82) is 21.0 Å². The lowest BCUT2D eigenvalue weighted by Gasteiger charge is -2.27. The number of hydrogen-bond donors (Lipinski definition) is 2. The van der Waals surface area contributed by atoms with Crippen molar-refractivity contribution in [3.63, 3.8) is 0 Å². The molecule has 0 aliphatic heterocycles. The molecule has 0 saturated heterocycles. The van der Waals surface area contributed by atoms with Gasteiger partial charge in [0.05, 0.1) is 29.1 Å². The quantitative estimate of drug-likeness (QED) is 0.137. The highest BCUT2D eigenvalue weighted by Gasteiger charge is 2.29. The van der Waals surface area contributed by atoms with Gasteiger partial charge < -0.3 is 15.3 Å². The van der Waals surface area contributed by atoms with E-state index in [9.17, 15) is 47.8 Å². The summed E-state index contributed by atoms with van der Waals surface area (Å²) in [6.07, 6.45) is 4.57. The number of carboxylic acid groups (broad SMARTS) is 1. The fourth-order valence-electron chi connectivity index (χ4n) is 6.34. The van der Waals surface area contributed by atoms with E-state index in [1.807, 2.05) is 45.0 Å². The molecule has 6 aromatic rings. The van der Waals surface area contributed by atoms with Crippen molar-refractivity contribution in [3.05, 3.63) is 143 Å². The minimum absolute atomic E-state index is 0. The first-order chi connectivity index (χ1) is 29.0. The highest BCUT2D eigenvalue weighted by atomic mass is 35.5. The van der Waals surface area contributed by atoms with E-state index < -0.39 is 26.1 Å². The Morgan fingerprint density at radius 1 is 0.710 bits per heavy atom. The van der Waals surface area contributed by atoms with Gasteiger partial charge in [0.25, 0.3) is 20.0 Å². The molecular weight excluding hydrogens is 852 g/mol. The van der Waals surface area contributed by atoms with Crippen LogP contribution >= 0.6 is 12.4 Å². The third-order valence-corrected chi connectivity index (χ3v) is 12.3. The maximum atomic E-state index is 13.6. The Morgan fingerprint density at radius 3 is 1.55 bits per heavy atom. The smallest absolute Gasteiger partial charge is 0.407 e. The Hall–Kier alpha value is -7.32. The van der Waals surface area contributed by atoms with Crippen molar-refractivity contribution in [2.75, 3.05) is 13.6 Å². The zero-order chi connectivity index (χ0) is 44.5. The number of amides is 1. The first-order valence-electron chi connectivity index (χ1n) is 18.3. The summed E-state index contributed by atoms with van der Waals surface area (Å²) in [5.41, 5.74) is 2.11. The zero-order valence-corrected chi connectivity index (χ0v) is 36.2. The van der Waals surface area contributed by atoms with Crippen LogP contribution in [0, 0.1) is 50.7 Å². The van der Waals surface area contributed by atoms with E-state index in [0.717, 1.165) is 13.5 Å². The summed E-state index contributed by atoms with van der Waals surface area (Å²) in [6, 6.07) is 29.2. The zero-order valence-electron chi connectivity index (χ0n) is 33.8. The monoisotopic (exact) mass is 890 g/mol.